The van der Waals surface area contributed by atoms with Crippen molar-refractivity contribution >= 4 is 28.6 Å². The van der Waals surface area contributed by atoms with Gasteiger partial charge in [0.05, 0.1) is 6.20 Å². The van der Waals surface area contributed by atoms with Gasteiger partial charge in [0.15, 0.2) is 5.58 Å². The summed E-state index contributed by atoms with van der Waals surface area (Å²) in [6, 6.07) is 16.3. The van der Waals surface area contributed by atoms with E-state index < -0.39 is 0 Å². The quantitative estimate of drug-likeness (QED) is 0.580. The van der Waals surface area contributed by atoms with Gasteiger partial charge in [-0.15, -0.1) is 0 Å². The standard InChI is InChI=1S/C20H14ClN3O2/c21-16-7-5-14(6-8-16)19(25)23-11-13-1-3-15(4-2-13)20-24-17-12-22-10-9-18(17)26-20/h1-10,12H,11H2,(H,23,25). The normalized spacial score (nSPS) is 10.8. The number of hydrogen-bond donors (Lipinski definition) is 1. The van der Waals surface area contributed by atoms with Crippen LogP contribution in [0.1, 0.15) is 15.9 Å². The number of rotatable bonds is 4. The topological polar surface area (TPSA) is 68.0 Å². The molecule has 4 rings (SSSR count). The van der Waals surface area contributed by atoms with Gasteiger partial charge in [0.25, 0.3) is 5.91 Å². The largest absolute Gasteiger partial charge is 0.436 e. The first-order valence-corrected chi connectivity index (χ1v) is 8.40. The molecule has 0 saturated carbocycles. The lowest BCUT2D eigenvalue weighted by Crippen LogP contribution is -2.22. The van der Waals surface area contributed by atoms with Gasteiger partial charge in [0.2, 0.25) is 5.89 Å². The van der Waals surface area contributed by atoms with Gasteiger partial charge in [-0.1, -0.05) is 23.7 Å². The van der Waals surface area contributed by atoms with Crippen molar-refractivity contribution in [1.82, 2.24) is 15.3 Å². The van der Waals surface area contributed by atoms with E-state index in [1.54, 1.807) is 42.7 Å². The summed E-state index contributed by atoms with van der Waals surface area (Å²) in [5, 5.41) is 3.49. The van der Waals surface area contributed by atoms with E-state index in [9.17, 15) is 4.79 Å². The lowest BCUT2D eigenvalue weighted by Gasteiger charge is -2.06. The van der Waals surface area contributed by atoms with Gasteiger partial charge in [-0.3, -0.25) is 9.78 Å². The van der Waals surface area contributed by atoms with Gasteiger partial charge in [-0.05, 0) is 42.0 Å². The minimum absolute atomic E-state index is 0.141. The molecule has 0 saturated heterocycles. The summed E-state index contributed by atoms with van der Waals surface area (Å²) >= 11 is 5.83. The highest BCUT2D eigenvalue weighted by atomic mass is 35.5. The van der Waals surface area contributed by atoms with Crippen LogP contribution in [0.3, 0.4) is 0 Å². The first kappa shape index (κ1) is 16.3. The van der Waals surface area contributed by atoms with Gasteiger partial charge < -0.3 is 9.73 Å². The van der Waals surface area contributed by atoms with Gasteiger partial charge in [-0.25, -0.2) is 4.98 Å². The van der Waals surface area contributed by atoms with E-state index in [0.29, 0.717) is 28.6 Å². The van der Waals surface area contributed by atoms with Crippen LogP contribution in [0.4, 0.5) is 0 Å². The Kier molecular flexibility index (Phi) is 4.37. The molecule has 0 unspecified atom stereocenters. The van der Waals surface area contributed by atoms with Crippen LogP contribution in [-0.4, -0.2) is 15.9 Å². The first-order chi connectivity index (χ1) is 12.7. The van der Waals surface area contributed by atoms with Gasteiger partial charge >= 0.3 is 0 Å². The summed E-state index contributed by atoms with van der Waals surface area (Å²) in [6.07, 6.45) is 3.34. The number of hydrogen-bond acceptors (Lipinski definition) is 4. The Morgan fingerprint density at radius 1 is 1.04 bits per heavy atom. The number of carbonyl (C=O) groups is 1. The van der Waals surface area contributed by atoms with E-state index in [0.717, 1.165) is 16.6 Å². The first-order valence-electron chi connectivity index (χ1n) is 8.03. The van der Waals surface area contributed by atoms with Crippen LogP contribution in [0.25, 0.3) is 22.6 Å². The fourth-order valence-electron chi connectivity index (χ4n) is 2.55. The number of benzene rings is 2. The molecule has 26 heavy (non-hydrogen) atoms. The van der Waals surface area contributed by atoms with E-state index in [2.05, 4.69) is 15.3 Å². The monoisotopic (exact) mass is 363 g/mol. The molecule has 0 aliphatic carbocycles. The van der Waals surface area contributed by atoms with Gasteiger partial charge in [0.1, 0.15) is 5.52 Å². The molecule has 2 aromatic heterocycles. The third-order valence-electron chi connectivity index (χ3n) is 3.95. The van der Waals surface area contributed by atoms with Crippen molar-refractivity contribution in [3.63, 3.8) is 0 Å². The molecule has 2 heterocycles. The molecular weight excluding hydrogens is 350 g/mol. The smallest absolute Gasteiger partial charge is 0.251 e. The van der Waals surface area contributed by atoms with E-state index in [1.807, 2.05) is 24.3 Å². The molecule has 128 valence electrons. The van der Waals surface area contributed by atoms with E-state index >= 15 is 0 Å². The zero-order chi connectivity index (χ0) is 17.9. The number of halogens is 1. The van der Waals surface area contributed by atoms with Crippen LogP contribution in [0.15, 0.2) is 71.4 Å². The molecule has 0 aliphatic rings. The molecule has 0 fully saturated rings. The zero-order valence-corrected chi connectivity index (χ0v) is 14.4. The molecule has 1 amide bonds. The Hall–Kier alpha value is -3.18. The number of pyridine rings is 1. The van der Waals surface area contributed by atoms with Crippen LogP contribution in [-0.2, 0) is 6.54 Å². The Labute approximate surface area is 154 Å². The summed E-state index contributed by atoms with van der Waals surface area (Å²) in [6.45, 7) is 0.430. The average molecular weight is 364 g/mol. The zero-order valence-electron chi connectivity index (χ0n) is 13.6. The summed E-state index contributed by atoms with van der Waals surface area (Å²) in [7, 11) is 0. The summed E-state index contributed by atoms with van der Waals surface area (Å²) in [5.74, 6) is 0.405. The number of amides is 1. The highest BCUT2D eigenvalue weighted by Crippen LogP contribution is 2.23. The Morgan fingerprint density at radius 3 is 2.54 bits per heavy atom. The SMILES string of the molecule is O=C(NCc1ccc(-c2nc3cnccc3o2)cc1)c1ccc(Cl)cc1. The van der Waals surface area contributed by atoms with Crippen molar-refractivity contribution in [2.45, 2.75) is 6.54 Å². The van der Waals surface area contributed by atoms with Crippen molar-refractivity contribution in [2.75, 3.05) is 0 Å². The third kappa shape index (κ3) is 3.43. The van der Waals surface area contributed by atoms with Crippen LogP contribution in [0.2, 0.25) is 5.02 Å². The Bertz CT molecular complexity index is 1020. The van der Waals surface area contributed by atoms with Crippen LogP contribution >= 0.6 is 11.6 Å². The van der Waals surface area contributed by atoms with Crippen molar-refractivity contribution in [1.29, 1.82) is 0 Å². The number of nitrogens with one attached hydrogen (secondary N) is 1. The molecule has 0 radical (unpaired) electrons. The lowest BCUT2D eigenvalue weighted by molar-refractivity contribution is 0.0951. The van der Waals surface area contributed by atoms with Crippen molar-refractivity contribution in [3.05, 3.63) is 83.1 Å². The average Bonchev–Trinajstić information content (AvgIpc) is 3.11. The predicted molar refractivity (Wildman–Crippen MR) is 99.9 cm³/mol. The fourth-order valence-corrected chi connectivity index (χ4v) is 2.68. The summed E-state index contributed by atoms with van der Waals surface area (Å²) < 4.78 is 5.73. The van der Waals surface area contributed by atoms with Gasteiger partial charge in [-0.2, -0.15) is 0 Å². The maximum absolute atomic E-state index is 12.1. The van der Waals surface area contributed by atoms with Crippen molar-refractivity contribution < 1.29 is 9.21 Å². The predicted octanol–water partition coefficient (Wildman–Crippen LogP) is 4.47. The summed E-state index contributed by atoms with van der Waals surface area (Å²) in [4.78, 5) is 20.6. The van der Waals surface area contributed by atoms with E-state index in [4.69, 9.17) is 16.0 Å². The van der Waals surface area contributed by atoms with Crippen molar-refractivity contribution in [2.24, 2.45) is 0 Å². The Morgan fingerprint density at radius 2 is 1.81 bits per heavy atom. The summed E-state index contributed by atoms with van der Waals surface area (Å²) in [5.41, 5.74) is 3.85. The molecule has 4 aromatic rings. The molecule has 0 bridgehead atoms. The highest BCUT2D eigenvalue weighted by molar-refractivity contribution is 6.30. The van der Waals surface area contributed by atoms with Crippen molar-refractivity contribution in [3.8, 4) is 11.5 Å². The number of nitrogens with zero attached hydrogens (tertiary/aromatic N) is 2. The number of fused-ring (bicyclic) bond motifs is 1. The van der Waals surface area contributed by atoms with Crippen LogP contribution < -0.4 is 5.32 Å². The molecule has 0 spiro atoms. The minimum Gasteiger partial charge on any atom is -0.436 e. The van der Waals surface area contributed by atoms with Gasteiger partial charge in [0, 0.05) is 35.0 Å². The second-order valence-electron chi connectivity index (χ2n) is 5.75. The number of oxazole rings is 1. The molecule has 6 heteroatoms. The molecule has 5 nitrogen and oxygen atoms in total. The third-order valence-corrected chi connectivity index (χ3v) is 4.20. The molecular formula is C20H14ClN3O2. The molecule has 2 aromatic carbocycles. The van der Waals surface area contributed by atoms with E-state index in [1.165, 1.54) is 0 Å². The second-order valence-corrected chi connectivity index (χ2v) is 6.19. The minimum atomic E-state index is -0.141. The maximum atomic E-state index is 12.1. The highest BCUT2D eigenvalue weighted by Gasteiger charge is 2.09. The second kappa shape index (κ2) is 6.98. The molecule has 0 atom stereocenters. The lowest BCUT2D eigenvalue weighted by atomic mass is 10.1. The number of aromatic nitrogens is 2. The fraction of sp³-hybridized carbons (Fsp3) is 0.0500. The van der Waals surface area contributed by atoms with E-state index in [-0.39, 0.29) is 5.91 Å². The number of carbonyl (C=O) groups excluding carboxylic acids is 1. The maximum Gasteiger partial charge on any atom is 0.251 e. The molecule has 0 aliphatic heterocycles. The van der Waals surface area contributed by atoms with Crippen LogP contribution in [0, 0.1) is 0 Å². The molecule has 1 N–H and O–H groups in total. The Balaban J connectivity index is 1.44. The van der Waals surface area contributed by atoms with Crippen LogP contribution in [0.5, 0.6) is 0 Å².